The normalized spacial score (nSPS) is 15.1. The van der Waals surface area contributed by atoms with Crippen molar-refractivity contribution in [1.29, 1.82) is 0 Å². The Hall–Kier alpha value is -2.05. The number of carbonyl (C=O) groups is 1. The molecule has 1 fully saturated rings. The van der Waals surface area contributed by atoms with E-state index in [1.54, 1.807) is 19.2 Å². The van der Waals surface area contributed by atoms with Crippen LogP contribution in [0.15, 0.2) is 28.8 Å². The maximum absolute atomic E-state index is 13.1. The lowest BCUT2D eigenvalue weighted by Crippen LogP contribution is -2.41. The molecule has 1 aliphatic rings. The average Bonchev–Trinajstić information content (AvgIpc) is 3.27. The summed E-state index contributed by atoms with van der Waals surface area (Å²) >= 11 is 5.97. The number of amides is 1. The number of rotatable bonds is 8. The number of ether oxygens (including phenoxy) is 1. The van der Waals surface area contributed by atoms with E-state index in [2.05, 4.69) is 29.6 Å². The number of carbonyl (C=O) groups excluding carboxylic acids is 1. The first-order chi connectivity index (χ1) is 12.5. The van der Waals surface area contributed by atoms with E-state index in [1.165, 1.54) is 0 Å². The van der Waals surface area contributed by atoms with Crippen molar-refractivity contribution in [1.82, 2.24) is 10.5 Å². The highest BCUT2D eigenvalue weighted by atomic mass is 35.5. The summed E-state index contributed by atoms with van der Waals surface area (Å²) in [5, 5.41) is 11.0. The van der Waals surface area contributed by atoms with E-state index in [0.717, 1.165) is 18.4 Å². The fourth-order valence-corrected chi connectivity index (χ4v) is 3.09. The Labute approximate surface area is 158 Å². The molecule has 1 amide bonds. The summed E-state index contributed by atoms with van der Waals surface area (Å²) in [6.45, 7) is 5.27. The van der Waals surface area contributed by atoms with Gasteiger partial charge in [0.2, 0.25) is 0 Å². The van der Waals surface area contributed by atoms with Gasteiger partial charge in [0, 0.05) is 29.8 Å². The minimum atomic E-state index is -0.178. The monoisotopic (exact) mass is 377 g/mol. The standard InChI is InChI=1S/C19H24ClN3O3/c1-12(2)19(8-9-19)22-18(24)15-16(13-4-6-14(20)7-5-13)26-23-17(15)21-10-11-25-3/h4-7,12H,8-11H2,1-3H3,(H,21,23)(H,22,24). The van der Waals surface area contributed by atoms with Gasteiger partial charge in [0.15, 0.2) is 11.6 Å². The van der Waals surface area contributed by atoms with E-state index in [9.17, 15) is 4.79 Å². The number of hydrogen-bond acceptors (Lipinski definition) is 5. The number of halogens is 1. The van der Waals surface area contributed by atoms with Crippen molar-refractivity contribution in [2.75, 3.05) is 25.6 Å². The van der Waals surface area contributed by atoms with Crippen molar-refractivity contribution < 1.29 is 14.1 Å². The smallest absolute Gasteiger partial charge is 0.259 e. The Balaban J connectivity index is 1.92. The van der Waals surface area contributed by atoms with Gasteiger partial charge in [-0.25, -0.2) is 0 Å². The summed E-state index contributed by atoms with van der Waals surface area (Å²) in [6.07, 6.45) is 1.98. The van der Waals surface area contributed by atoms with E-state index in [-0.39, 0.29) is 11.4 Å². The largest absolute Gasteiger partial charge is 0.383 e. The molecular formula is C19H24ClN3O3. The molecule has 0 saturated heterocycles. The SMILES string of the molecule is COCCNc1noc(-c2ccc(Cl)cc2)c1C(=O)NC1(C(C)C)CC1. The zero-order chi connectivity index (χ0) is 18.7. The topological polar surface area (TPSA) is 76.4 Å². The zero-order valence-corrected chi connectivity index (χ0v) is 16.0. The number of nitrogens with zero attached hydrogens (tertiary/aromatic N) is 1. The Morgan fingerprint density at radius 1 is 1.35 bits per heavy atom. The molecule has 0 aliphatic heterocycles. The first-order valence-electron chi connectivity index (χ1n) is 8.78. The van der Waals surface area contributed by atoms with Crippen LogP contribution >= 0.6 is 11.6 Å². The summed E-state index contributed by atoms with van der Waals surface area (Å²) in [7, 11) is 1.62. The molecule has 140 valence electrons. The van der Waals surface area contributed by atoms with Gasteiger partial charge in [-0.15, -0.1) is 0 Å². The van der Waals surface area contributed by atoms with Gasteiger partial charge in [-0.3, -0.25) is 4.79 Å². The van der Waals surface area contributed by atoms with Gasteiger partial charge in [-0.2, -0.15) is 0 Å². The predicted molar refractivity (Wildman–Crippen MR) is 102 cm³/mol. The van der Waals surface area contributed by atoms with Gasteiger partial charge in [0.05, 0.1) is 6.61 Å². The molecule has 0 bridgehead atoms. The highest BCUT2D eigenvalue weighted by molar-refractivity contribution is 6.30. The van der Waals surface area contributed by atoms with E-state index < -0.39 is 0 Å². The summed E-state index contributed by atoms with van der Waals surface area (Å²) in [6, 6.07) is 7.15. The summed E-state index contributed by atoms with van der Waals surface area (Å²) < 4.78 is 10.6. The number of benzene rings is 1. The molecule has 3 rings (SSSR count). The average molecular weight is 378 g/mol. The first kappa shape index (κ1) is 18.7. The van der Waals surface area contributed by atoms with Crippen LogP contribution in [0.4, 0.5) is 5.82 Å². The summed E-state index contributed by atoms with van der Waals surface area (Å²) in [4.78, 5) is 13.1. The molecule has 2 N–H and O–H groups in total. The number of aromatic nitrogens is 1. The van der Waals surface area contributed by atoms with Crippen LogP contribution in [0.3, 0.4) is 0 Å². The Morgan fingerprint density at radius 3 is 2.62 bits per heavy atom. The Bertz CT molecular complexity index is 767. The van der Waals surface area contributed by atoms with Crippen LogP contribution in [0.5, 0.6) is 0 Å². The molecule has 0 spiro atoms. The van der Waals surface area contributed by atoms with E-state index in [4.69, 9.17) is 20.9 Å². The molecule has 0 unspecified atom stereocenters. The van der Waals surface area contributed by atoms with E-state index in [1.807, 2.05) is 12.1 Å². The van der Waals surface area contributed by atoms with E-state index in [0.29, 0.717) is 41.2 Å². The molecule has 6 nitrogen and oxygen atoms in total. The maximum Gasteiger partial charge on any atom is 0.259 e. The van der Waals surface area contributed by atoms with Gasteiger partial charge in [0.1, 0.15) is 5.56 Å². The van der Waals surface area contributed by atoms with Crippen LogP contribution in [0.1, 0.15) is 37.0 Å². The maximum atomic E-state index is 13.1. The molecule has 1 saturated carbocycles. The first-order valence-corrected chi connectivity index (χ1v) is 9.15. The third-order valence-electron chi connectivity index (χ3n) is 4.88. The lowest BCUT2D eigenvalue weighted by molar-refractivity contribution is 0.0919. The van der Waals surface area contributed by atoms with Crippen molar-refractivity contribution in [3.63, 3.8) is 0 Å². The number of methoxy groups -OCH3 is 1. The van der Waals surface area contributed by atoms with Crippen molar-refractivity contribution in [3.05, 3.63) is 34.9 Å². The van der Waals surface area contributed by atoms with Gasteiger partial charge in [-0.05, 0) is 43.0 Å². The molecule has 1 aromatic carbocycles. The quantitative estimate of drug-likeness (QED) is 0.680. The van der Waals surface area contributed by atoms with Crippen LogP contribution in [0.2, 0.25) is 5.02 Å². The molecule has 1 aromatic heterocycles. The summed E-state index contributed by atoms with van der Waals surface area (Å²) in [5.41, 5.74) is 1.03. The molecule has 0 atom stereocenters. The minimum absolute atomic E-state index is 0.130. The third kappa shape index (κ3) is 3.86. The number of hydrogen-bond donors (Lipinski definition) is 2. The van der Waals surface area contributed by atoms with Gasteiger partial charge in [0.25, 0.3) is 5.91 Å². The molecule has 1 heterocycles. The second-order valence-electron chi connectivity index (χ2n) is 6.93. The lowest BCUT2D eigenvalue weighted by Gasteiger charge is -2.21. The second-order valence-corrected chi connectivity index (χ2v) is 7.36. The summed E-state index contributed by atoms with van der Waals surface area (Å²) in [5.74, 6) is 1.04. The molecule has 0 radical (unpaired) electrons. The van der Waals surface area contributed by atoms with Gasteiger partial charge < -0.3 is 19.9 Å². The van der Waals surface area contributed by atoms with Gasteiger partial charge >= 0.3 is 0 Å². The molecule has 2 aromatic rings. The number of anilines is 1. The van der Waals surface area contributed by atoms with Crippen LogP contribution < -0.4 is 10.6 Å². The van der Waals surface area contributed by atoms with Crippen molar-refractivity contribution in [2.45, 2.75) is 32.2 Å². The Morgan fingerprint density at radius 2 is 2.04 bits per heavy atom. The molecule has 26 heavy (non-hydrogen) atoms. The third-order valence-corrected chi connectivity index (χ3v) is 5.13. The molecule has 1 aliphatic carbocycles. The highest BCUT2D eigenvalue weighted by Crippen LogP contribution is 2.43. The van der Waals surface area contributed by atoms with Crippen LogP contribution in [-0.2, 0) is 4.74 Å². The lowest BCUT2D eigenvalue weighted by atomic mass is 10.0. The minimum Gasteiger partial charge on any atom is -0.383 e. The van der Waals surface area contributed by atoms with Gasteiger partial charge in [-0.1, -0.05) is 30.6 Å². The zero-order valence-electron chi connectivity index (χ0n) is 15.3. The highest BCUT2D eigenvalue weighted by Gasteiger charge is 2.47. The fraction of sp³-hybridized carbons (Fsp3) is 0.474. The second kappa shape index (κ2) is 7.68. The Kier molecular flexibility index (Phi) is 5.53. The van der Waals surface area contributed by atoms with Crippen molar-refractivity contribution >= 4 is 23.3 Å². The van der Waals surface area contributed by atoms with E-state index >= 15 is 0 Å². The van der Waals surface area contributed by atoms with Crippen LogP contribution in [-0.4, -0.2) is 36.9 Å². The molecular weight excluding hydrogens is 354 g/mol. The molecule has 7 heteroatoms. The van der Waals surface area contributed by atoms with Crippen LogP contribution in [0.25, 0.3) is 11.3 Å². The van der Waals surface area contributed by atoms with Crippen molar-refractivity contribution in [2.24, 2.45) is 5.92 Å². The fourth-order valence-electron chi connectivity index (χ4n) is 2.96. The van der Waals surface area contributed by atoms with Crippen LogP contribution in [0, 0.1) is 5.92 Å². The number of nitrogens with one attached hydrogen (secondary N) is 2. The predicted octanol–water partition coefficient (Wildman–Crippen LogP) is 3.97. The van der Waals surface area contributed by atoms with Crippen molar-refractivity contribution in [3.8, 4) is 11.3 Å².